The molecular weight excluding hydrogens is 224 g/mol. The zero-order valence-electron chi connectivity index (χ0n) is 11.0. The molecule has 1 aromatic heterocycles. The molecule has 1 aliphatic rings. The van der Waals surface area contributed by atoms with Crippen LogP contribution in [0, 0.1) is 6.92 Å². The lowest BCUT2D eigenvalue weighted by Crippen LogP contribution is -2.36. The van der Waals surface area contributed by atoms with Crippen molar-refractivity contribution in [2.24, 2.45) is 0 Å². The van der Waals surface area contributed by atoms with E-state index in [2.05, 4.69) is 38.8 Å². The molecule has 0 saturated carbocycles. The average molecular weight is 244 g/mol. The number of H-pyrrole nitrogens is 1. The van der Waals surface area contributed by atoms with Gasteiger partial charge in [-0.2, -0.15) is 0 Å². The molecule has 1 fully saturated rings. The number of aromatic amines is 1. The second-order valence-electron chi connectivity index (χ2n) is 5.07. The first-order chi connectivity index (χ1) is 8.78. The molecule has 1 aromatic carbocycles. The first kappa shape index (κ1) is 11.7. The van der Waals surface area contributed by atoms with E-state index in [1.54, 1.807) is 0 Å². The van der Waals surface area contributed by atoms with Crippen molar-refractivity contribution < 1.29 is 0 Å². The highest BCUT2D eigenvalue weighted by atomic mass is 15.0. The molecule has 2 aromatic rings. The monoisotopic (exact) mass is 244 g/mol. The molecule has 0 bridgehead atoms. The number of nitrogens with zero attached hydrogens (tertiary/aromatic N) is 1. The summed E-state index contributed by atoms with van der Waals surface area (Å²) in [7, 11) is 2.03. The zero-order chi connectivity index (χ0) is 12.5. The van der Waals surface area contributed by atoms with Crippen molar-refractivity contribution >= 4 is 11.0 Å². The van der Waals surface area contributed by atoms with Gasteiger partial charge in [0.2, 0.25) is 0 Å². The van der Waals surface area contributed by atoms with Crippen LogP contribution in [0.5, 0.6) is 0 Å². The highest BCUT2D eigenvalue weighted by Crippen LogP contribution is 2.25. The molecule has 4 heteroatoms. The molecule has 2 atom stereocenters. The zero-order valence-corrected chi connectivity index (χ0v) is 11.0. The number of aryl methyl sites for hydroxylation is 1. The van der Waals surface area contributed by atoms with E-state index in [9.17, 15) is 0 Å². The fraction of sp³-hybridized carbons (Fsp3) is 0.500. The summed E-state index contributed by atoms with van der Waals surface area (Å²) in [6.45, 7) is 3.13. The van der Waals surface area contributed by atoms with Gasteiger partial charge in [-0.25, -0.2) is 4.98 Å². The maximum absolute atomic E-state index is 4.45. The quantitative estimate of drug-likeness (QED) is 0.772. The normalized spacial score (nSPS) is 21.6. The van der Waals surface area contributed by atoms with E-state index in [0.717, 1.165) is 23.4 Å². The molecule has 3 N–H and O–H groups in total. The van der Waals surface area contributed by atoms with Crippen LogP contribution in [0.2, 0.25) is 0 Å². The SMILES string of the molecule is CNC(c1ccc2nc(C)[nH]c2c1)C1CCCN1. The number of hydrogen-bond donors (Lipinski definition) is 3. The molecule has 1 aliphatic heterocycles. The Bertz CT molecular complexity index is 540. The van der Waals surface area contributed by atoms with Crippen LogP contribution in [0.25, 0.3) is 11.0 Å². The van der Waals surface area contributed by atoms with E-state index in [1.165, 1.54) is 18.4 Å². The van der Waals surface area contributed by atoms with Gasteiger partial charge < -0.3 is 15.6 Å². The standard InChI is InChI=1S/C14H20N4/c1-9-17-11-6-5-10(8-13(11)18-9)14(15-2)12-4-3-7-16-12/h5-6,8,12,14-16H,3-4,7H2,1-2H3,(H,17,18). The summed E-state index contributed by atoms with van der Waals surface area (Å²) in [5, 5.41) is 7.01. The minimum Gasteiger partial charge on any atom is -0.342 e. The predicted octanol–water partition coefficient (Wildman–Crippen LogP) is 1.88. The molecule has 96 valence electrons. The van der Waals surface area contributed by atoms with Crippen LogP contribution in [-0.2, 0) is 0 Å². The van der Waals surface area contributed by atoms with Crippen molar-refractivity contribution in [3.63, 3.8) is 0 Å². The molecule has 0 aliphatic carbocycles. The van der Waals surface area contributed by atoms with Gasteiger partial charge >= 0.3 is 0 Å². The van der Waals surface area contributed by atoms with Gasteiger partial charge in [0.1, 0.15) is 5.82 Å². The number of hydrogen-bond acceptors (Lipinski definition) is 3. The number of nitrogens with one attached hydrogen (secondary N) is 3. The number of likely N-dealkylation sites (N-methyl/N-ethyl adjacent to an activating group) is 1. The Morgan fingerprint density at radius 3 is 3.06 bits per heavy atom. The second kappa shape index (κ2) is 4.71. The first-order valence-electron chi connectivity index (χ1n) is 6.65. The van der Waals surface area contributed by atoms with Crippen LogP contribution in [0.15, 0.2) is 18.2 Å². The molecule has 1 saturated heterocycles. The number of aromatic nitrogens is 2. The van der Waals surface area contributed by atoms with Gasteiger partial charge in [0, 0.05) is 12.1 Å². The van der Waals surface area contributed by atoms with Crippen LogP contribution < -0.4 is 10.6 Å². The largest absolute Gasteiger partial charge is 0.342 e. The first-order valence-corrected chi connectivity index (χ1v) is 6.65. The van der Waals surface area contributed by atoms with Gasteiger partial charge in [0.05, 0.1) is 11.0 Å². The molecular formula is C14H20N4. The fourth-order valence-electron chi connectivity index (χ4n) is 2.94. The Hall–Kier alpha value is -1.39. The van der Waals surface area contributed by atoms with E-state index >= 15 is 0 Å². The summed E-state index contributed by atoms with van der Waals surface area (Å²) in [6.07, 6.45) is 2.51. The fourth-order valence-corrected chi connectivity index (χ4v) is 2.94. The van der Waals surface area contributed by atoms with Crippen molar-refractivity contribution in [3.8, 4) is 0 Å². The van der Waals surface area contributed by atoms with Gasteiger partial charge in [0.25, 0.3) is 0 Å². The Kier molecular flexibility index (Phi) is 3.06. The summed E-state index contributed by atoms with van der Waals surface area (Å²) in [5.41, 5.74) is 3.50. The van der Waals surface area contributed by atoms with E-state index in [0.29, 0.717) is 12.1 Å². The minimum absolute atomic E-state index is 0.375. The molecule has 2 heterocycles. The van der Waals surface area contributed by atoms with Gasteiger partial charge in [-0.1, -0.05) is 6.07 Å². The van der Waals surface area contributed by atoms with E-state index in [1.807, 2.05) is 14.0 Å². The van der Waals surface area contributed by atoms with Crippen molar-refractivity contribution in [1.82, 2.24) is 20.6 Å². The third-order valence-corrected chi connectivity index (χ3v) is 3.80. The maximum atomic E-state index is 4.45. The topological polar surface area (TPSA) is 52.7 Å². The maximum Gasteiger partial charge on any atom is 0.104 e. The summed E-state index contributed by atoms with van der Waals surface area (Å²) >= 11 is 0. The Morgan fingerprint density at radius 2 is 2.33 bits per heavy atom. The molecule has 0 amide bonds. The molecule has 18 heavy (non-hydrogen) atoms. The Labute approximate surface area is 107 Å². The van der Waals surface area contributed by atoms with Crippen LogP contribution >= 0.6 is 0 Å². The van der Waals surface area contributed by atoms with Crippen LogP contribution in [0.4, 0.5) is 0 Å². The number of rotatable bonds is 3. The van der Waals surface area contributed by atoms with Gasteiger partial charge in [-0.15, -0.1) is 0 Å². The van der Waals surface area contributed by atoms with Gasteiger partial charge in [-0.05, 0) is 51.1 Å². The van der Waals surface area contributed by atoms with Gasteiger partial charge in [0.15, 0.2) is 0 Å². The molecule has 3 rings (SSSR count). The number of benzene rings is 1. The highest BCUT2D eigenvalue weighted by Gasteiger charge is 2.24. The molecule has 4 nitrogen and oxygen atoms in total. The minimum atomic E-state index is 0.375. The van der Waals surface area contributed by atoms with E-state index in [-0.39, 0.29) is 0 Å². The smallest absolute Gasteiger partial charge is 0.104 e. The third kappa shape index (κ3) is 2.02. The van der Waals surface area contributed by atoms with Crippen molar-refractivity contribution in [3.05, 3.63) is 29.6 Å². The summed E-state index contributed by atoms with van der Waals surface area (Å²) in [5.74, 6) is 0.974. The number of fused-ring (bicyclic) bond motifs is 1. The molecule has 0 spiro atoms. The lowest BCUT2D eigenvalue weighted by Gasteiger charge is -2.23. The summed E-state index contributed by atoms with van der Waals surface area (Å²) < 4.78 is 0. The Morgan fingerprint density at radius 1 is 1.44 bits per heavy atom. The highest BCUT2D eigenvalue weighted by molar-refractivity contribution is 5.76. The van der Waals surface area contributed by atoms with Crippen molar-refractivity contribution in [2.45, 2.75) is 31.8 Å². The molecule has 0 radical (unpaired) electrons. The number of imidazole rings is 1. The van der Waals surface area contributed by atoms with Crippen molar-refractivity contribution in [1.29, 1.82) is 0 Å². The Balaban J connectivity index is 1.95. The van der Waals surface area contributed by atoms with Crippen LogP contribution in [0.1, 0.15) is 30.3 Å². The summed E-state index contributed by atoms with van der Waals surface area (Å²) in [6, 6.07) is 7.42. The van der Waals surface area contributed by atoms with Crippen LogP contribution in [-0.4, -0.2) is 29.6 Å². The van der Waals surface area contributed by atoms with E-state index < -0.39 is 0 Å². The molecule has 2 unspecified atom stereocenters. The predicted molar refractivity (Wildman–Crippen MR) is 73.7 cm³/mol. The average Bonchev–Trinajstić information content (AvgIpc) is 2.97. The lowest BCUT2D eigenvalue weighted by atomic mass is 9.98. The van der Waals surface area contributed by atoms with E-state index in [4.69, 9.17) is 0 Å². The lowest BCUT2D eigenvalue weighted by molar-refractivity contribution is 0.441. The third-order valence-electron chi connectivity index (χ3n) is 3.80. The van der Waals surface area contributed by atoms with Crippen LogP contribution in [0.3, 0.4) is 0 Å². The van der Waals surface area contributed by atoms with Crippen molar-refractivity contribution in [2.75, 3.05) is 13.6 Å². The second-order valence-corrected chi connectivity index (χ2v) is 5.07. The summed E-state index contributed by atoms with van der Waals surface area (Å²) in [4.78, 5) is 7.75. The van der Waals surface area contributed by atoms with Gasteiger partial charge in [-0.3, -0.25) is 0 Å².